The number of rotatable bonds is 9. The van der Waals surface area contributed by atoms with E-state index in [9.17, 15) is 9.90 Å². The van der Waals surface area contributed by atoms with Crippen LogP contribution in [-0.4, -0.2) is 29.9 Å². The molecule has 1 aliphatic rings. The van der Waals surface area contributed by atoms with Gasteiger partial charge in [0.2, 0.25) is 5.60 Å². The maximum Gasteiger partial charge on any atom is 0.348 e. The third-order valence-corrected chi connectivity index (χ3v) is 5.62. The summed E-state index contributed by atoms with van der Waals surface area (Å²) >= 11 is 6.37. The van der Waals surface area contributed by atoms with Crippen LogP contribution in [0.5, 0.6) is 17.2 Å². The molecule has 168 valence electrons. The van der Waals surface area contributed by atoms with E-state index in [0.717, 1.165) is 12.0 Å². The SMILES string of the molecule is CC[C@@]1(C(=O)O)Cc2cc(OCCCOc3ccc(CC(C)(C)C)cc3Cl)ccc2O1. The van der Waals surface area contributed by atoms with Crippen LogP contribution in [0.2, 0.25) is 5.02 Å². The molecule has 2 aromatic rings. The van der Waals surface area contributed by atoms with Crippen LogP contribution >= 0.6 is 11.6 Å². The van der Waals surface area contributed by atoms with Crippen LogP contribution in [0.4, 0.5) is 0 Å². The Hall–Kier alpha value is -2.40. The number of benzene rings is 2. The number of hydrogen-bond donors (Lipinski definition) is 1. The van der Waals surface area contributed by atoms with Crippen LogP contribution in [0.3, 0.4) is 0 Å². The largest absolute Gasteiger partial charge is 0.493 e. The highest BCUT2D eigenvalue weighted by Gasteiger charge is 2.45. The van der Waals surface area contributed by atoms with Crippen LogP contribution in [-0.2, 0) is 17.6 Å². The first-order valence-corrected chi connectivity index (χ1v) is 11.1. The van der Waals surface area contributed by atoms with Gasteiger partial charge in [-0.1, -0.05) is 45.4 Å². The van der Waals surface area contributed by atoms with Crippen molar-refractivity contribution in [2.45, 2.75) is 59.0 Å². The Morgan fingerprint density at radius 1 is 1.16 bits per heavy atom. The number of carbonyl (C=O) groups is 1. The highest BCUT2D eigenvalue weighted by molar-refractivity contribution is 6.32. The summed E-state index contributed by atoms with van der Waals surface area (Å²) in [5.74, 6) is 1.06. The van der Waals surface area contributed by atoms with E-state index >= 15 is 0 Å². The lowest BCUT2D eigenvalue weighted by Crippen LogP contribution is -2.42. The molecule has 0 bridgehead atoms. The Bertz CT molecular complexity index is 934. The van der Waals surface area contributed by atoms with Gasteiger partial charge in [0.05, 0.1) is 18.2 Å². The molecule has 0 saturated heterocycles. The molecular formula is C25H31ClO5. The molecule has 31 heavy (non-hydrogen) atoms. The summed E-state index contributed by atoms with van der Waals surface area (Å²) in [5.41, 5.74) is 1.10. The molecule has 2 aromatic carbocycles. The second kappa shape index (κ2) is 9.39. The van der Waals surface area contributed by atoms with Gasteiger partial charge in [-0.2, -0.15) is 0 Å². The molecule has 5 nitrogen and oxygen atoms in total. The van der Waals surface area contributed by atoms with E-state index in [4.69, 9.17) is 25.8 Å². The summed E-state index contributed by atoms with van der Waals surface area (Å²) in [6.07, 6.45) is 2.41. The van der Waals surface area contributed by atoms with E-state index in [-0.39, 0.29) is 5.41 Å². The van der Waals surface area contributed by atoms with E-state index in [1.165, 1.54) is 5.56 Å². The molecule has 0 fully saturated rings. The lowest BCUT2D eigenvalue weighted by atomic mass is 9.88. The van der Waals surface area contributed by atoms with Crippen LogP contribution in [0, 0.1) is 5.41 Å². The Morgan fingerprint density at radius 3 is 2.55 bits per heavy atom. The minimum atomic E-state index is -1.17. The lowest BCUT2D eigenvalue weighted by molar-refractivity contribution is -0.154. The number of hydrogen-bond acceptors (Lipinski definition) is 4. The van der Waals surface area contributed by atoms with Crippen LogP contribution in [0.1, 0.15) is 51.7 Å². The van der Waals surface area contributed by atoms with E-state index in [1.807, 2.05) is 25.1 Å². The molecule has 0 saturated carbocycles. The zero-order valence-corrected chi connectivity index (χ0v) is 19.4. The van der Waals surface area contributed by atoms with Gasteiger partial charge in [-0.25, -0.2) is 4.79 Å². The number of halogens is 1. The van der Waals surface area contributed by atoms with Crippen molar-refractivity contribution in [1.82, 2.24) is 0 Å². The van der Waals surface area contributed by atoms with Crippen molar-refractivity contribution < 1.29 is 24.1 Å². The first kappa shape index (κ1) is 23.3. The van der Waals surface area contributed by atoms with E-state index in [0.29, 0.717) is 54.7 Å². The second-order valence-electron chi connectivity index (χ2n) is 9.25. The highest BCUT2D eigenvalue weighted by Crippen LogP contribution is 2.39. The van der Waals surface area contributed by atoms with Gasteiger partial charge >= 0.3 is 5.97 Å². The molecule has 0 aliphatic carbocycles. The first-order chi connectivity index (χ1) is 14.6. The summed E-state index contributed by atoms with van der Waals surface area (Å²) in [6, 6.07) is 11.4. The average Bonchev–Trinajstić information content (AvgIpc) is 3.07. The lowest BCUT2D eigenvalue weighted by Gasteiger charge is -2.21. The van der Waals surface area contributed by atoms with Crippen LogP contribution < -0.4 is 14.2 Å². The van der Waals surface area contributed by atoms with Crippen molar-refractivity contribution in [3.05, 3.63) is 52.5 Å². The van der Waals surface area contributed by atoms with E-state index in [2.05, 4.69) is 26.8 Å². The topological polar surface area (TPSA) is 65.0 Å². The predicted molar refractivity (Wildman–Crippen MR) is 122 cm³/mol. The number of fused-ring (bicyclic) bond motifs is 1. The smallest absolute Gasteiger partial charge is 0.348 e. The van der Waals surface area contributed by atoms with Crippen molar-refractivity contribution in [2.24, 2.45) is 5.41 Å². The fraction of sp³-hybridized carbons (Fsp3) is 0.480. The zero-order valence-electron chi connectivity index (χ0n) is 18.7. The number of carboxylic acid groups (broad SMARTS) is 1. The third-order valence-electron chi connectivity index (χ3n) is 5.32. The number of carboxylic acids is 1. The minimum Gasteiger partial charge on any atom is -0.493 e. The predicted octanol–water partition coefficient (Wildman–Crippen LogP) is 5.94. The van der Waals surface area contributed by atoms with E-state index in [1.54, 1.807) is 12.1 Å². The van der Waals surface area contributed by atoms with Crippen molar-refractivity contribution in [2.75, 3.05) is 13.2 Å². The monoisotopic (exact) mass is 446 g/mol. The van der Waals surface area contributed by atoms with Gasteiger partial charge < -0.3 is 19.3 Å². The summed E-state index contributed by atoms with van der Waals surface area (Å²) < 4.78 is 17.3. The minimum absolute atomic E-state index is 0.207. The molecule has 1 N–H and O–H groups in total. The summed E-state index contributed by atoms with van der Waals surface area (Å²) in [5, 5.41) is 10.1. The Morgan fingerprint density at radius 2 is 1.90 bits per heavy atom. The number of ether oxygens (including phenoxy) is 3. The maximum atomic E-state index is 11.6. The molecular weight excluding hydrogens is 416 g/mol. The molecule has 1 heterocycles. The number of aliphatic carboxylic acids is 1. The molecule has 0 aromatic heterocycles. The Kier molecular flexibility index (Phi) is 7.05. The van der Waals surface area contributed by atoms with Crippen LogP contribution in [0.15, 0.2) is 36.4 Å². The Labute approximate surface area is 189 Å². The highest BCUT2D eigenvalue weighted by atomic mass is 35.5. The van der Waals surface area contributed by atoms with Gasteiger partial charge in [-0.3, -0.25) is 0 Å². The van der Waals surface area contributed by atoms with Gasteiger partial charge in [0.1, 0.15) is 17.2 Å². The molecule has 0 radical (unpaired) electrons. The van der Waals surface area contributed by atoms with Gasteiger partial charge in [0.25, 0.3) is 0 Å². The van der Waals surface area contributed by atoms with Crippen molar-refractivity contribution in [3.63, 3.8) is 0 Å². The quantitative estimate of drug-likeness (QED) is 0.482. The first-order valence-electron chi connectivity index (χ1n) is 10.7. The second-order valence-corrected chi connectivity index (χ2v) is 9.66. The van der Waals surface area contributed by atoms with Crippen molar-refractivity contribution in [3.8, 4) is 17.2 Å². The summed E-state index contributed by atoms with van der Waals surface area (Å²) in [4.78, 5) is 11.6. The molecule has 1 atom stereocenters. The normalized spacial score (nSPS) is 17.7. The molecule has 0 unspecified atom stereocenters. The Balaban J connectivity index is 1.46. The van der Waals surface area contributed by atoms with Gasteiger partial charge in [-0.15, -0.1) is 0 Å². The van der Waals surface area contributed by atoms with Gasteiger partial charge in [0, 0.05) is 18.4 Å². The molecule has 6 heteroatoms. The standard InChI is InChI=1S/C25H31ClO5/c1-5-25(23(27)28)16-18-14-19(8-10-21(18)31-25)29-11-6-12-30-22-9-7-17(13-20(22)26)15-24(2,3)4/h7-10,13-14H,5-6,11-12,15-16H2,1-4H3,(H,27,28)/t25-/m0/s1. The third kappa shape index (κ3) is 5.85. The fourth-order valence-electron chi connectivity index (χ4n) is 3.72. The van der Waals surface area contributed by atoms with E-state index < -0.39 is 11.6 Å². The molecule has 3 rings (SSSR count). The van der Waals surface area contributed by atoms with Gasteiger partial charge in [0.15, 0.2) is 0 Å². The summed E-state index contributed by atoms with van der Waals surface area (Å²) in [6.45, 7) is 9.40. The zero-order chi connectivity index (χ0) is 22.6. The fourth-order valence-corrected chi connectivity index (χ4v) is 3.98. The summed E-state index contributed by atoms with van der Waals surface area (Å²) in [7, 11) is 0. The average molecular weight is 447 g/mol. The molecule has 0 spiro atoms. The maximum absolute atomic E-state index is 11.6. The van der Waals surface area contributed by atoms with Crippen LogP contribution in [0.25, 0.3) is 0 Å². The van der Waals surface area contributed by atoms with Crippen molar-refractivity contribution >= 4 is 17.6 Å². The van der Waals surface area contributed by atoms with Gasteiger partial charge in [-0.05, 0) is 54.2 Å². The molecule has 0 amide bonds. The van der Waals surface area contributed by atoms with Crippen molar-refractivity contribution in [1.29, 1.82) is 0 Å². The molecule has 1 aliphatic heterocycles.